The fourth-order valence-electron chi connectivity index (χ4n) is 2.25. The number of nitrogens with two attached hydrogens (primary N) is 1. The van der Waals surface area contributed by atoms with Gasteiger partial charge in [-0.05, 0) is 24.6 Å². The number of anilines is 1. The number of hydrogen-bond acceptors (Lipinski definition) is 4. The molecule has 0 spiro atoms. The zero-order valence-corrected chi connectivity index (χ0v) is 13.1. The van der Waals surface area contributed by atoms with Crippen LogP contribution in [0.3, 0.4) is 0 Å². The first-order valence-electron chi connectivity index (χ1n) is 6.80. The molecule has 0 bridgehead atoms. The first-order valence-corrected chi connectivity index (χ1v) is 7.78. The zero-order chi connectivity index (χ0) is 14.8. The molecule has 1 aliphatic heterocycles. The number of thioether (sulfide) groups is 1. The van der Waals surface area contributed by atoms with Gasteiger partial charge in [-0.2, -0.15) is 11.8 Å². The van der Waals surface area contributed by atoms with Crippen molar-refractivity contribution in [2.24, 2.45) is 0 Å². The molecule has 0 unspecified atom stereocenters. The summed E-state index contributed by atoms with van der Waals surface area (Å²) in [7, 11) is 1.56. The summed E-state index contributed by atoms with van der Waals surface area (Å²) in [5.74, 6) is 1.59. The Morgan fingerprint density at radius 3 is 2.85 bits per heavy atom. The number of methoxy groups -OCH3 is 1. The maximum atomic E-state index is 12.6. The average molecular weight is 294 g/mol. The molecule has 1 aromatic carbocycles. The zero-order valence-electron chi connectivity index (χ0n) is 12.3. The van der Waals surface area contributed by atoms with E-state index in [1.165, 1.54) is 0 Å². The number of nitrogen functional groups attached to an aromatic ring is 1. The van der Waals surface area contributed by atoms with E-state index in [9.17, 15) is 4.79 Å². The van der Waals surface area contributed by atoms with E-state index < -0.39 is 0 Å². The van der Waals surface area contributed by atoms with Crippen LogP contribution in [0.25, 0.3) is 0 Å². The van der Waals surface area contributed by atoms with Gasteiger partial charge < -0.3 is 15.4 Å². The summed E-state index contributed by atoms with van der Waals surface area (Å²) in [6.07, 6.45) is 1.01. The Hall–Kier alpha value is -1.36. The molecule has 4 nitrogen and oxygen atoms in total. The van der Waals surface area contributed by atoms with Gasteiger partial charge in [-0.15, -0.1) is 0 Å². The highest BCUT2D eigenvalue weighted by Gasteiger charge is 2.26. The molecule has 2 rings (SSSR count). The summed E-state index contributed by atoms with van der Waals surface area (Å²) >= 11 is 1.93. The fourth-order valence-corrected chi connectivity index (χ4v) is 3.35. The highest BCUT2D eigenvalue weighted by molar-refractivity contribution is 8.00. The van der Waals surface area contributed by atoms with Gasteiger partial charge in [0.2, 0.25) is 0 Å². The van der Waals surface area contributed by atoms with Gasteiger partial charge in [0.25, 0.3) is 5.91 Å². The van der Waals surface area contributed by atoms with Crippen LogP contribution in [0.15, 0.2) is 18.2 Å². The van der Waals surface area contributed by atoms with Gasteiger partial charge in [-0.3, -0.25) is 4.79 Å². The second kappa shape index (κ2) is 5.95. The normalized spacial score (nSPS) is 18.4. The van der Waals surface area contributed by atoms with Crippen molar-refractivity contribution in [1.29, 1.82) is 0 Å². The molecule has 0 radical (unpaired) electrons. The second-order valence-electron chi connectivity index (χ2n) is 5.61. The van der Waals surface area contributed by atoms with Crippen molar-refractivity contribution in [3.05, 3.63) is 23.8 Å². The number of ether oxygens (including phenoxy) is 1. The van der Waals surface area contributed by atoms with Crippen molar-refractivity contribution in [1.82, 2.24) is 4.90 Å². The van der Waals surface area contributed by atoms with Crippen LogP contribution >= 0.6 is 11.8 Å². The molecule has 1 saturated heterocycles. The molecule has 1 amide bonds. The van der Waals surface area contributed by atoms with E-state index in [0.717, 1.165) is 25.3 Å². The summed E-state index contributed by atoms with van der Waals surface area (Å²) in [5, 5.41) is 0. The van der Waals surface area contributed by atoms with Crippen molar-refractivity contribution in [3.8, 4) is 5.75 Å². The molecular weight excluding hydrogens is 272 g/mol. The van der Waals surface area contributed by atoms with Crippen LogP contribution in [-0.4, -0.2) is 41.5 Å². The Labute approximate surface area is 124 Å². The third-order valence-electron chi connectivity index (χ3n) is 3.61. The smallest absolute Gasteiger partial charge is 0.254 e. The van der Waals surface area contributed by atoms with Crippen LogP contribution < -0.4 is 10.5 Å². The van der Waals surface area contributed by atoms with Gasteiger partial charge in [-0.1, -0.05) is 13.8 Å². The molecule has 1 aliphatic rings. The minimum atomic E-state index is 0.0570. The summed E-state index contributed by atoms with van der Waals surface area (Å²) in [6.45, 7) is 6.06. The van der Waals surface area contributed by atoms with Gasteiger partial charge in [0.15, 0.2) is 0 Å². The highest BCUT2D eigenvalue weighted by atomic mass is 32.2. The van der Waals surface area contributed by atoms with Gasteiger partial charge in [0.1, 0.15) is 5.75 Å². The Balaban J connectivity index is 2.15. The van der Waals surface area contributed by atoms with E-state index in [1.54, 1.807) is 25.3 Å². The number of carbonyl (C=O) groups is 1. The lowest BCUT2D eigenvalue weighted by Gasteiger charge is -2.23. The lowest BCUT2D eigenvalue weighted by Crippen LogP contribution is -2.33. The van der Waals surface area contributed by atoms with Crippen LogP contribution in [0.4, 0.5) is 5.69 Å². The quantitative estimate of drug-likeness (QED) is 0.852. The predicted molar refractivity (Wildman–Crippen MR) is 84.5 cm³/mol. The number of amides is 1. The molecule has 0 aliphatic carbocycles. The maximum absolute atomic E-state index is 12.6. The van der Waals surface area contributed by atoms with Crippen LogP contribution in [-0.2, 0) is 0 Å². The SMILES string of the molecule is COc1cc(C(=O)N2CCSC(C)(C)CC2)ccc1N. The van der Waals surface area contributed by atoms with Gasteiger partial charge in [-0.25, -0.2) is 0 Å². The molecule has 20 heavy (non-hydrogen) atoms. The Morgan fingerprint density at radius 1 is 1.40 bits per heavy atom. The third-order valence-corrected chi connectivity index (χ3v) is 4.98. The van der Waals surface area contributed by atoms with E-state index in [4.69, 9.17) is 10.5 Å². The molecule has 0 saturated carbocycles. The molecule has 5 heteroatoms. The lowest BCUT2D eigenvalue weighted by molar-refractivity contribution is 0.0764. The van der Waals surface area contributed by atoms with Gasteiger partial charge >= 0.3 is 0 Å². The molecule has 110 valence electrons. The first-order chi connectivity index (χ1) is 9.43. The topological polar surface area (TPSA) is 55.6 Å². The van der Waals surface area contributed by atoms with Crippen LogP contribution in [0.2, 0.25) is 0 Å². The monoisotopic (exact) mass is 294 g/mol. The number of carbonyl (C=O) groups excluding carboxylic acids is 1. The van der Waals surface area contributed by atoms with Crippen molar-refractivity contribution in [2.45, 2.75) is 25.0 Å². The minimum absolute atomic E-state index is 0.0570. The second-order valence-corrected chi connectivity index (χ2v) is 7.41. The van der Waals surface area contributed by atoms with Gasteiger partial charge in [0, 0.05) is 29.2 Å². The average Bonchev–Trinajstić information content (AvgIpc) is 2.59. The van der Waals surface area contributed by atoms with Crippen molar-refractivity contribution in [2.75, 3.05) is 31.7 Å². The third kappa shape index (κ3) is 3.39. The van der Waals surface area contributed by atoms with Crippen LogP contribution in [0.5, 0.6) is 5.75 Å². The summed E-state index contributed by atoms with van der Waals surface area (Å²) < 4.78 is 5.42. The maximum Gasteiger partial charge on any atom is 0.254 e. The number of rotatable bonds is 2. The molecule has 0 aromatic heterocycles. The molecule has 1 aromatic rings. The fraction of sp³-hybridized carbons (Fsp3) is 0.533. The molecular formula is C15H22N2O2S. The Kier molecular flexibility index (Phi) is 4.48. The van der Waals surface area contributed by atoms with Crippen LogP contribution in [0.1, 0.15) is 30.6 Å². The van der Waals surface area contributed by atoms with E-state index >= 15 is 0 Å². The largest absolute Gasteiger partial charge is 0.495 e. The lowest BCUT2D eigenvalue weighted by atomic mass is 10.1. The van der Waals surface area contributed by atoms with Crippen molar-refractivity contribution < 1.29 is 9.53 Å². The molecule has 1 fully saturated rings. The number of benzene rings is 1. The van der Waals surface area contributed by atoms with Crippen LogP contribution in [0, 0.1) is 0 Å². The minimum Gasteiger partial charge on any atom is -0.495 e. The summed E-state index contributed by atoms with van der Waals surface area (Å²) in [4.78, 5) is 14.5. The van der Waals surface area contributed by atoms with Gasteiger partial charge in [0.05, 0.1) is 12.8 Å². The predicted octanol–water partition coefficient (Wildman–Crippen LogP) is 2.64. The van der Waals surface area contributed by atoms with Crippen molar-refractivity contribution >= 4 is 23.4 Å². The summed E-state index contributed by atoms with van der Waals surface area (Å²) in [6, 6.07) is 5.22. The van der Waals surface area contributed by atoms with E-state index in [1.807, 2.05) is 16.7 Å². The van der Waals surface area contributed by atoms with E-state index in [2.05, 4.69) is 13.8 Å². The van der Waals surface area contributed by atoms with Crippen molar-refractivity contribution in [3.63, 3.8) is 0 Å². The van der Waals surface area contributed by atoms with E-state index in [-0.39, 0.29) is 10.7 Å². The highest BCUT2D eigenvalue weighted by Crippen LogP contribution is 2.31. The standard InChI is InChI=1S/C15H22N2O2S/c1-15(2)6-7-17(8-9-20-15)14(18)11-4-5-12(16)13(10-11)19-3/h4-5,10H,6-9,16H2,1-3H3. The van der Waals surface area contributed by atoms with E-state index in [0.29, 0.717) is 17.0 Å². The Morgan fingerprint density at radius 2 is 2.15 bits per heavy atom. The number of hydrogen-bond donors (Lipinski definition) is 1. The summed E-state index contributed by atoms with van der Waals surface area (Å²) in [5.41, 5.74) is 6.98. The molecule has 0 atom stereocenters. The molecule has 1 heterocycles. The first kappa shape index (κ1) is 15.0. The molecule has 2 N–H and O–H groups in total. The number of nitrogens with zero attached hydrogens (tertiary/aromatic N) is 1. The Bertz CT molecular complexity index is 503.